The van der Waals surface area contributed by atoms with Crippen LogP contribution in [0.3, 0.4) is 0 Å². The molecule has 8 nitrogen and oxygen atoms in total. The quantitative estimate of drug-likeness (QED) is 0.437. The van der Waals surface area contributed by atoms with Gasteiger partial charge in [0.1, 0.15) is 12.0 Å². The summed E-state index contributed by atoms with van der Waals surface area (Å²) in [6.07, 6.45) is 0.307. The van der Waals surface area contributed by atoms with Crippen molar-refractivity contribution in [1.29, 1.82) is 10.7 Å². The number of rotatable bonds is 8. The molecule has 116 valence electrons. The fourth-order valence-electron chi connectivity index (χ4n) is 1.59. The average molecular weight is 296 g/mol. The number of carbonyl (C=O) groups excluding carboxylic acids is 3. The second-order valence-electron chi connectivity index (χ2n) is 5.01. The van der Waals surface area contributed by atoms with Gasteiger partial charge in [-0.05, 0) is 19.3 Å². The molecule has 0 bridgehead atoms. The number of ketones is 1. The largest absolute Gasteiger partial charge is 0.456 e. The Bertz CT molecular complexity index is 467. The smallest absolute Gasteiger partial charge is 0.329 e. The van der Waals surface area contributed by atoms with E-state index in [4.69, 9.17) is 21.1 Å². The van der Waals surface area contributed by atoms with E-state index in [2.05, 4.69) is 5.32 Å². The normalized spacial score (nSPS) is 12.9. The van der Waals surface area contributed by atoms with Crippen molar-refractivity contribution in [1.82, 2.24) is 5.32 Å². The third-order valence-corrected chi connectivity index (χ3v) is 2.55. The molecule has 0 saturated carbocycles. The summed E-state index contributed by atoms with van der Waals surface area (Å²) in [5.74, 6) is -2.61. The highest BCUT2D eigenvalue weighted by Crippen LogP contribution is 2.07. The molecule has 0 radical (unpaired) electrons. The van der Waals surface area contributed by atoms with Crippen LogP contribution < -0.4 is 11.1 Å². The van der Waals surface area contributed by atoms with Gasteiger partial charge in [0, 0.05) is 5.71 Å². The number of hydrogen-bond acceptors (Lipinski definition) is 6. The van der Waals surface area contributed by atoms with Crippen molar-refractivity contribution in [3.63, 3.8) is 0 Å². The summed E-state index contributed by atoms with van der Waals surface area (Å²) in [6, 6.07) is -0.150. The zero-order valence-corrected chi connectivity index (χ0v) is 12.3. The molecule has 0 heterocycles. The standard InChI is InChI=1S/C13H20N4O4/c1-7(2)4-10(17-13(16)20)12(19)21-6-11(18)9(5-14)8(3)15/h7,9-10,15H,4,6H2,1-3H3,(H3,16,17,20)/t9-,10+/m1/s1. The van der Waals surface area contributed by atoms with Crippen LogP contribution >= 0.6 is 0 Å². The molecule has 0 aliphatic rings. The molecule has 0 unspecified atom stereocenters. The molecule has 0 aliphatic carbocycles. The average Bonchev–Trinajstić information content (AvgIpc) is 2.34. The zero-order chi connectivity index (χ0) is 16.6. The molecule has 0 aliphatic heterocycles. The van der Waals surface area contributed by atoms with Gasteiger partial charge in [-0.2, -0.15) is 5.26 Å². The van der Waals surface area contributed by atoms with E-state index in [0.29, 0.717) is 6.42 Å². The summed E-state index contributed by atoms with van der Waals surface area (Å²) in [7, 11) is 0. The number of ether oxygens (including phenoxy) is 1. The fraction of sp³-hybridized carbons (Fsp3) is 0.615. The van der Waals surface area contributed by atoms with Crippen molar-refractivity contribution < 1.29 is 19.1 Å². The van der Waals surface area contributed by atoms with Crippen molar-refractivity contribution in [2.75, 3.05) is 6.61 Å². The van der Waals surface area contributed by atoms with E-state index in [0.717, 1.165) is 0 Å². The molecular formula is C13H20N4O4. The first kappa shape index (κ1) is 18.6. The minimum atomic E-state index is -1.23. The van der Waals surface area contributed by atoms with Crippen LogP contribution in [0.2, 0.25) is 0 Å². The first-order chi connectivity index (χ1) is 9.68. The molecule has 0 aromatic heterocycles. The summed E-state index contributed by atoms with van der Waals surface area (Å²) < 4.78 is 4.79. The highest BCUT2D eigenvalue weighted by molar-refractivity contribution is 6.06. The Hall–Kier alpha value is -2.43. The second kappa shape index (κ2) is 8.68. The van der Waals surface area contributed by atoms with E-state index in [1.54, 1.807) is 6.07 Å². The van der Waals surface area contributed by atoms with E-state index < -0.39 is 36.4 Å². The van der Waals surface area contributed by atoms with E-state index in [-0.39, 0.29) is 11.6 Å². The lowest BCUT2D eigenvalue weighted by Gasteiger charge is -2.18. The van der Waals surface area contributed by atoms with Crippen LogP contribution in [0.25, 0.3) is 0 Å². The maximum absolute atomic E-state index is 11.8. The van der Waals surface area contributed by atoms with Crippen LogP contribution in [0.15, 0.2) is 0 Å². The number of nitrogens with zero attached hydrogens (tertiary/aromatic N) is 1. The lowest BCUT2D eigenvalue weighted by atomic mass is 10.0. The minimum absolute atomic E-state index is 0.0979. The van der Waals surface area contributed by atoms with Crippen molar-refractivity contribution >= 4 is 23.5 Å². The van der Waals surface area contributed by atoms with Crippen LogP contribution in [0.5, 0.6) is 0 Å². The molecule has 4 N–H and O–H groups in total. The van der Waals surface area contributed by atoms with E-state index in [1.807, 2.05) is 13.8 Å². The van der Waals surface area contributed by atoms with E-state index in [1.165, 1.54) is 6.92 Å². The topological polar surface area (TPSA) is 146 Å². The van der Waals surface area contributed by atoms with Gasteiger partial charge >= 0.3 is 12.0 Å². The maximum Gasteiger partial charge on any atom is 0.329 e. The van der Waals surface area contributed by atoms with Gasteiger partial charge in [0.05, 0.1) is 6.07 Å². The number of nitrogens with one attached hydrogen (secondary N) is 2. The van der Waals surface area contributed by atoms with Gasteiger partial charge in [-0.25, -0.2) is 9.59 Å². The first-order valence-corrected chi connectivity index (χ1v) is 6.39. The van der Waals surface area contributed by atoms with Gasteiger partial charge in [0.25, 0.3) is 0 Å². The summed E-state index contributed by atoms with van der Waals surface area (Å²) in [5.41, 5.74) is 4.86. The van der Waals surface area contributed by atoms with Gasteiger partial charge in [0.15, 0.2) is 12.4 Å². The minimum Gasteiger partial charge on any atom is -0.456 e. The predicted octanol–water partition coefficient (Wildman–Crippen LogP) is 0.361. The van der Waals surface area contributed by atoms with Gasteiger partial charge in [-0.15, -0.1) is 0 Å². The Labute approximate surface area is 123 Å². The Morgan fingerprint density at radius 3 is 2.33 bits per heavy atom. The number of hydrogen-bond donors (Lipinski definition) is 3. The molecule has 0 fully saturated rings. The van der Waals surface area contributed by atoms with E-state index in [9.17, 15) is 14.4 Å². The molecule has 8 heteroatoms. The van der Waals surface area contributed by atoms with Gasteiger partial charge in [0.2, 0.25) is 0 Å². The molecule has 0 spiro atoms. The van der Waals surface area contributed by atoms with E-state index >= 15 is 0 Å². The van der Waals surface area contributed by atoms with Crippen molar-refractivity contribution in [3.05, 3.63) is 0 Å². The van der Waals surface area contributed by atoms with Gasteiger partial charge < -0.3 is 21.2 Å². The Balaban J connectivity index is 4.63. The number of nitriles is 1. The number of nitrogens with two attached hydrogens (primary N) is 1. The lowest BCUT2D eigenvalue weighted by molar-refractivity contribution is -0.150. The molecule has 2 amide bonds. The summed E-state index contributed by atoms with van der Waals surface area (Å²) >= 11 is 0. The highest BCUT2D eigenvalue weighted by Gasteiger charge is 2.26. The Kier molecular flexibility index (Phi) is 7.68. The number of urea groups is 1. The third-order valence-electron chi connectivity index (χ3n) is 2.55. The van der Waals surface area contributed by atoms with Crippen molar-refractivity contribution in [3.8, 4) is 6.07 Å². The summed E-state index contributed by atoms with van der Waals surface area (Å²) in [5, 5.41) is 18.3. The predicted molar refractivity (Wildman–Crippen MR) is 74.4 cm³/mol. The monoisotopic (exact) mass is 296 g/mol. The zero-order valence-electron chi connectivity index (χ0n) is 12.3. The Morgan fingerprint density at radius 2 is 1.95 bits per heavy atom. The van der Waals surface area contributed by atoms with Crippen molar-refractivity contribution in [2.24, 2.45) is 17.6 Å². The third kappa shape index (κ3) is 7.06. The lowest BCUT2D eigenvalue weighted by Crippen LogP contribution is -2.45. The van der Waals surface area contributed by atoms with Gasteiger partial charge in [-0.1, -0.05) is 13.8 Å². The molecule has 0 rings (SSSR count). The van der Waals surface area contributed by atoms with Crippen LogP contribution in [0.4, 0.5) is 4.79 Å². The van der Waals surface area contributed by atoms with Crippen LogP contribution in [-0.4, -0.2) is 36.1 Å². The number of esters is 1. The van der Waals surface area contributed by atoms with Crippen LogP contribution in [0.1, 0.15) is 27.2 Å². The second-order valence-corrected chi connectivity index (χ2v) is 5.01. The highest BCUT2D eigenvalue weighted by atomic mass is 16.5. The fourth-order valence-corrected chi connectivity index (χ4v) is 1.59. The molecule has 0 aromatic rings. The molecule has 0 aromatic carbocycles. The maximum atomic E-state index is 11.8. The molecule has 21 heavy (non-hydrogen) atoms. The van der Waals surface area contributed by atoms with Crippen LogP contribution in [0, 0.1) is 28.6 Å². The number of primary amides is 1. The van der Waals surface area contributed by atoms with Crippen LogP contribution in [-0.2, 0) is 14.3 Å². The number of carbonyl (C=O) groups is 3. The molecule has 0 saturated heterocycles. The SMILES string of the molecule is CC(=N)[C@@H](C#N)C(=O)COC(=O)[C@H](CC(C)C)NC(N)=O. The first-order valence-electron chi connectivity index (χ1n) is 6.39. The van der Waals surface area contributed by atoms with Gasteiger partial charge in [-0.3, -0.25) is 4.79 Å². The molecule has 2 atom stereocenters. The Morgan fingerprint density at radius 1 is 1.38 bits per heavy atom. The molecular weight excluding hydrogens is 276 g/mol. The van der Waals surface area contributed by atoms with Crippen molar-refractivity contribution in [2.45, 2.75) is 33.2 Å². The number of Topliss-reactive ketones (excluding diaryl/α,β-unsaturated/α-hetero) is 1. The summed E-state index contributed by atoms with van der Waals surface area (Å²) in [4.78, 5) is 34.3. The number of amides is 2. The summed E-state index contributed by atoms with van der Waals surface area (Å²) in [6.45, 7) is 4.39.